The van der Waals surface area contributed by atoms with Crippen LogP contribution in [-0.2, 0) is 0 Å². The molecule has 112 valence electrons. The molecule has 0 atom stereocenters. The van der Waals surface area contributed by atoms with Gasteiger partial charge in [0.05, 0.1) is 5.02 Å². The number of fused-ring (bicyclic) bond motifs is 7. The van der Waals surface area contributed by atoms with Gasteiger partial charge in [-0.1, -0.05) is 35.9 Å². The SMILES string of the molecule is O=C1c2c(Cl)cccc2-[n+]2ccc3c([nH]c4ccccc43)c21.[Cl-]. The molecule has 2 aromatic heterocycles. The van der Waals surface area contributed by atoms with Crippen LogP contribution in [0.15, 0.2) is 54.7 Å². The lowest BCUT2D eigenvalue weighted by atomic mass is 10.1. The third-order valence-corrected chi connectivity index (χ3v) is 4.62. The molecular formula is C18H10Cl2N2O. The van der Waals surface area contributed by atoms with Crippen molar-refractivity contribution in [1.82, 2.24) is 4.98 Å². The van der Waals surface area contributed by atoms with Crippen molar-refractivity contribution in [2.24, 2.45) is 0 Å². The van der Waals surface area contributed by atoms with Crippen molar-refractivity contribution in [1.29, 1.82) is 0 Å². The number of carbonyl (C=O) groups excluding carboxylic acids is 1. The zero-order valence-electron chi connectivity index (χ0n) is 11.8. The summed E-state index contributed by atoms with van der Waals surface area (Å²) in [5, 5.41) is 2.67. The molecule has 1 aliphatic heterocycles. The molecule has 0 radical (unpaired) electrons. The summed E-state index contributed by atoms with van der Waals surface area (Å²) in [7, 11) is 0. The molecule has 4 aromatic rings. The number of pyridine rings is 1. The van der Waals surface area contributed by atoms with E-state index in [4.69, 9.17) is 11.6 Å². The Hall–Kier alpha value is -2.36. The predicted molar refractivity (Wildman–Crippen MR) is 85.8 cm³/mol. The number of halogens is 2. The number of aromatic nitrogens is 2. The first-order valence-electron chi connectivity index (χ1n) is 7.04. The van der Waals surface area contributed by atoms with Crippen LogP contribution in [-0.4, -0.2) is 10.8 Å². The number of carbonyl (C=O) groups is 1. The lowest BCUT2D eigenvalue weighted by Gasteiger charge is -1.94. The number of para-hydroxylation sites is 1. The topological polar surface area (TPSA) is 36.7 Å². The smallest absolute Gasteiger partial charge is 0.284 e. The average molecular weight is 341 g/mol. The van der Waals surface area contributed by atoms with E-state index in [0.717, 1.165) is 27.5 Å². The Bertz CT molecular complexity index is 1110. The first kappa shape index (κ1) is 14.2. The van der Waals surface area contributed by atoms with Gasteiger partial charge in [-0.05, 0) is 12.1 Å². The van der Waals surface area contributed by atoms with Gasteiger partial charge in [0.1, 0.15) is 11.1 Å². The highest BCUT2D eigenvalue weighted by atomic mass is 35.5. The second-order valence-electron chi connectivity index (χ2n) is 5.46. The maximum atomic E-state index is 12.9. The zero-order chi connectivity index (χ0) is 14.8. The summed E-state index contributed by atoms with van der Waals surface area (Å²) in [6.45, 7) is 0. The second-order valence-corrected chi connectivity index (χ2v) is 5.86. The van der Waals surface area contributed by atoms with Crippen molar-refractivity contribution in [2.75, 3.05) is 0 Å². The molecule has 0 aliphatic carbocycles. The molecule has 0 bridgehead atoms. The number of aromatic amines is 1. The minimum atomic E-state index is -0.0299. The van der Waals surface area contributed by atoms with Crippen LogP contribution >= 0.6 is 11.6 Å². The number of nitrogens with zero attached hydrogens (tertiary/aromatic N) is 1. The molecule has 0 spiro atoms. The lowest BCUT2D eigenvalue weighted by Crippen LogP contribution is -3.00. The average Bonchev–Trinajstić information content (AvgIpc) is 3.04. The lowest BCUT2D eigenvalue weighted by molar-refractivity contribution is -0.592. The molecule has 1 aliphatic rings. The highest BCUT2D eigenvalue weighted by Gasteiger charge is 2.39. The Kier molecular flexibility index (Phi) is 2.98. The molecule has 0 fully saturated rings. The summed E-state index contributed by atoms with van der Waals surface area (Å²) in [4.78, 5) is 16.3. The fourth-order valence-corrected chi connectivity index (χ4v) is 3.60. The van der Waals surface area contributed by atoms with Crippen LogP contribution < -0.4 is 17.0 Å². The van der Waals surface area contributed by atoms with Crippen molar-refractivity contribution >= 4 is 39.2 Å². The fourth-order valence-electron chi connectivity index (χ4n) is 3.35. The molecule has 0 saturated heterocycles. The van der Waals surface area contributed by atoms with Gasteiger partial charge in [0.25, 0.3) is 11.5 Å². The van der Waals surface area contributed by atoms with Gasteiger partial charge < -0.3 is 17.4 Å². The van der Waals surface area contributed by atoms with Crippen LogP contribution in [0.5, 0.6) is 0 Å². The molecule has 0 amide bonds. The first-order chi connectivity index (χ1) is 10.8. The van der Waals surface area contributed by atoms with Crippen LogP contribution in [0.25, 0.3) is 27.5 Å². The summed E-state index contributed by atoms with van der Waals surface area (Å²) < 4.78 is 1.92. The monoisotopic (exact) mass is 340 g/mol. The largest absolute Gasteiger partial charge is 1.00 e. The molecule has 0 saturated carbocycles. The normalized spacial score (nSPS) is 12.3. The molecule has 0 unspecified atom stereocenters. The van der Waals surface area contributed by atoms with Crippen LogP contribution in [0.2, 0.25) is 5.02 Å². The number of rotatable bonds is 0. The van der Waals surface area contributed by atoms with Crippen LogP contribution in [0.1, 0.15) is 16.1 Å². The standard InChI is InChI=1S/C18H9ClN2O.ClH/c19-12-5-3-7-14-15(12)18(22)17-16-11(8-9-21(14)17)10-4-1-2-6-13(10)20-16;/h1-9H;1H. The summed E-state index contributed by atoms with van der Waals surface area (Å²) in [5.41, 5.74) is 3.96. The number of hydrogen-bond donors (Lipinski definition) is 1. The highest BCUT2D eigenvalue weighted by Crippen LogP contribution is 2.33. The van der Waals surface area contributed by atoms with Gasteiger partial charge in [0, 0.05) is 28.4 Å². The van der Waals surface area contributed by atoms with E-state index in [1.807, 2.05) is 47.2 Å². The molecule has 3 nitrogen and oxygen atoms in total. The van der Waals surface area contributed by atoms with Crippen molar-refractivity contribution in [3.63, 3.8) is 0 Å². The Balaban J connectivity index is 0.00000135. The summed E-state index contributed by atoms with van der Waals surface area (Å²) >= 11 is 6.24. The van der Waals surface area contributed by atoms with Crippen molar-refractivity contribution < 1.29 is 21.8 Å². The van der Waals surface area contributed by atoms with E-state index in [-0.39, 0.29) is 18.2 Å². The maximum absolute atomic E-state index is 12.9. The van der Waals surface area contributed by atoms with E-state index in [2.05, 4.69) is 11.1 Å². The Labute approximate surface area is 142 Å². The minimum Gasteiger partial charge on any atom is -1.00 e. The van der Waals surface area contributed by atoms with Gasteiger partial charge in [-0.25, -0.2) is 0 Å². The van der Waals surface area contributed by atoms with Gasteiger partial charge in [0.2, 0.25) is 5.69 Å². The number of H-pyrrole nitrogens is 1. The highest BCUT2D eigenvalue weighted by molar-refractivity contribution is 6.36. The zero-order valence-corrected chi connectivity index (χ0v) is 13.3. The second kappa shape index (κ2) is 4.82. The minimum absolute atomic E-state index is 0. The number of nitrogens with one attached hydrogen (secondary N) is 1. The Morgan fingerprint density at radius 3 is 2.65 bits per heavy atom. The van der Waals surface area contributed by atoms with Gasteiger partial charge >= 0.3 is 0 Å². The Morgan fingerprint density at radius 2 is 1.78 bits per heavy atom. The van der Waals surface area contributed by atoms with Gasteiger partial charge in [-0.2, -0.15) is 4.57 Å². The summed E-state index contributed by atoms with van der Waals surface area (Å²) in [5.74, 6) is -0.0299. The van der Waals surface area contributed by atoms with Crippen molar-refractivity contribution in [2.45, 2.75) is 0 Å². The van der Waals surface area contributed by atoms with Gasteiger partial charge in [-0.3, -0.25) is 4.79 Å². The molecule has 5 heteroatoms. The molecular weight excluding hydrogens is 331 g/mol. The van der Waals surface area contributed by atoms with Crippen LogP contribution in [0.4, 0.5) is 0 Å². The third-order valence-electron chi connectivity index (χ3n) is 4.31. The fraction of sp³-hybridized carbons (Fsp3) is 0. The van der Waals surface area contributed by atoms with Gasteiger partial charge in [0.15, 0.2) is 6.20 Å². The maximum Gasteiger partial charge on any atom is 0.284 e. The Morgan fingerprint density at radius 1 is 0.957 bits per heavy atom. The van der Waals surface area contributed by atoms with Crippen molar-refractivity contribution in [3.8, 4) is 5.69 Å². The van der Waals surface area contributed by atoms with E-state index in [1.54, 1.807) is 6.07 Å². The first-order valence-corrected chi connectivity index (χ1v) is 7.42. The van der Waals surface area contributed by atoms with Gasteiger partial charge in [-0.15, -0.1) is 0 Å². The van der Waals surface area contributed by atoms with E-state index in [9.17, 15) is 4.79 Å². The molecule has 2 aromatic carbocycles. The van der Waals surface area contributed by atoms with E-state index in [1.165, 1.54) is 0 Å². The van der Waals surface area contributed by atoms with E-state index >= 15 is 0 Å². The molecule has 1 N–H and O–H groups in total. The summed E-state index contributed by atoms with van der Waals surface area (Å²) in [6.07, 6.45) is 1.94. The summed E-state index contributed by atoms with van der Waals surface area (Å²) in [6, 6.07) is 15.7. The number of ketones is 1. The van der Waals surface area contributed by atoms with Crippen LogP contribution in [0.3, 0.4) is 0 Å². The number of hydrogen-bond acceptors (Lipinski definition) is 1. The molecule has 23 heavy (non-hydrogen) atoms. The van der Waals surface area contributed by atoms with E-state index < -0.39 is 0 Å². The third kappa shape index (κ3) is 1.72. The number of benzene rings is 2. The molecule has 3 heterocycles. The predicted octanol–water partition coefficient (Wildman–Crippen LogP) is 0.800. The molecule has 5 rings (SSSR count). The quantitative estimate of drug-likeness (QED) is 0.416. The van der Waals surface area contributed by atoms with Crippen LogP contribution in [0, 0.1) is 0 Å². The van der Waals surface area contributed by atoms with Crippen molar-refractivity contribution in [3.05, 3.63) is 71.0 Å². The van der Waals surface area contributed by atoms with E-state index in [0.29, 0.717) is 16.3 Å².